The highest BCUT2D eigenvalue weighted by atomic mass is 16.6. The third-order valence-corrected chi connectivity index (χ3v) is 8.78. The van der Waals surface area contributed by atoms with Gasteiger partial charge in [-0.05, 0) is 92.1 Å². The largest absolute Gasteiger partial charge is 0.393 e. The molecule has 0 aliphatic heterocycles. The minimum atomic E-state index is -0.495. The van der Waals surface area contributed by atoms with E-state index in [9.17, 15) is 15.2 Å². The van der Waals surface area contributed by atoms with Crippen molar-refractivity contribution in [2.75, 3.05) is 5.73 Å². The Morgan fingerprint density at radius 1 is 1.19 bits per heavy atom. The van der Waals surface area contributed by atoms with E-state index < -0.39 is 5.60 Å². The number of hydrogen-bond acceptors (Lipinski definition) is 4. The molecule has 6 rings (SSSR count). The van der Waals surface area contributed by atoms with Crippen LogP contribution in [0, 0.1) is 33.3 Å². The minimum absolute atomic E-state index is 0.0204. The van der Waals surface area contributed by atoms with Crippen LogP contribution in [0.5, 0.6) is 0 Å². The monoisotopic (exact) mass is 356 g/mol. The first kappa shape index (κ1) is 16.5. The smallest absolute Gasteiger partial charge is 0.295 e. The average molecular weight is 356 g/mol. The van der Waals surface area contributed by atoms with Gasteiger partial charge in [0.1, 0.15) is 5.69 Å². The van der Waals surface area contributed by atoms with E-state index in [4.69, 9.17) is 5.73 Å². The van der Waals surface area contributed by atoms with Gasteiger partial charge in [0, 0.05) is 5.56 Å². The van der Waals surface area contributed by atoms with Crippen LogP contribution in [0.4, 0.5) is 11.4 Å². The predicted octanol–water partition coefficient (Wildman–Crippen LogP) is 4.17. The van der Waals surface area contributed by atoms with Gasteiger partial charge in [0.25, 0.3) is 5.69 Å². The molecule has 2 bridgehead atoms. The van der Waals surface area contributed by atoms with Gasteiger partial charge in [0.05, 0.1) is 10.5 Å². The van der Waals surface area contributed by atoms with Gasteiger partial charge in [-0.15, -0.1) is 0 Å². The number of aliphatic hydroxyl groups is 1. The van der Waals surface area contributed by atoms with Gasteiger partial charge < -0.3 is 10.8 Å². The number of nitrogen functional groups attached to an aromatic ring is 1. The van der Waals surface area contributed by atoms with Crippen LogP contribution >= 0.6 is 0 Å². The molecule has 3 N–H and O–H groups in total. The molecule has 0 heterocycles. The molecule has 1 aromatic rings. The number of nitro groups is 1. The van der Waals surface area contributed by atoms with Gasteiger partial charge in [0.15, 0.2) is 0 Å². The highest BCUT2D eigenvalue weighted by Gasteiger charge is 2.64. The number of nitrogens with zero attached hydrogens (tertiary/aromatic N) is 1. The summed E-state index contributed by atoms with van der Waals surface area (Å²) in [5.41, 5.74) is 7.92. The summed E-state index contributed by atoms with van der Waals surface area (Å²) in [5, 5.41) is 23.0. The van der Waals surface area contributed by atoms with E-state index in [0.717, 1.165) is 62.5 Å². The molecule has 4 atom stereocenters. The normalized spacial score (nSPS) is 43.3. The molecule has 5 aliphatic carbocycles. The molecule has 5 nitrogen and oxygen atoms in total. The summed E-state index contributed by atoms with van der Waals surface area (Å²) >= 11 is 0. The molecule has 4 fully saturated rings. The maximum absolute atomic E-state index is 11.6. The number of anilines is 1. The summed E-state index contributed by atoms with van der Waals surface area (Å²) in [6.45, 7) is 2.33. The Bertz CT molecular complexity index is 784. The number of nitro benzene ring substituents is 1. The Kier molecular flexibility index (Phi) is 3.32. The minimum Gasteiger partial charge on any atom is -0.393 e. The van der Waals surface area contributed by atoms with Crippen molar-refractivity contribution < 1.29 is 10.0 Å². The van der Waals surface area contributed by atoms with E-state index in [1.165, 1.54) is 0 Å². The lowest BCUT2D eigenvalue weighted by molar-refractivity contribution is -0.384. The van der Waals surface area contributed by atoms with Gasteiger partial charge in [-0.2, -0.15) is 0 Å². The zero-order valence-electron chi connectivity index (χ0n) is 15.4. The highest BCUT2D eigenvalue weighted by Crippen LogP contribution is 2.68. The summed E-state index contributed by atoms with van der Waals surface area (Å²) in [5.74, 6) is 2.20. The summed E-state index contributed by atoms with van der Waals surface area (Å²) in [4.78, 5) is 11.3. The molecule has 4 saturated carbocycles. The number of nitrogens with two attached hydrogens (primary N) is 1. The Morgan fingerprint density at radius 3 is 2.62 bits per heavy atom. The third-order valence-electron chi connectivity index (χ3n) is 8.78. The fourth-order valence-electron chi connectivity index (χ4n) is 7.59. The number of benzene rings is 1. The Balaban J connectivity index is 1.59. The van der Waals surface area contributed by atoms with Crippen molar-refractivity contribution >= 4 is 11.4 Å². The molecule has 26 heavy (non-hydrogen) atoms. The van der Waals surface area contributed by atoms with E-state index in [1.807, 2.05) is 6.07 Å². The van der Waals surface area contributed by atoms with E-state index in [2.05, 4.69) is 6.92 Å². The van der Waals surface area contributed by atoms with Crippen molar-refractivity contribution in [3.8, 4) is 0 Å². The van der Waals surface area contributed by atoms with Crippen LogP contribution in [0.2, 0.25) is 0 Å². The number of hydrogen-bond donors (Lipinski definition) is 2. The maximum atomic E-state index is 11.6. The quantitative estimate of drug-likeness (QED) is 0.449. The van der Waals surface area contributed by atoms with Crippen LogP contribution in [0.3, 0.4) is 0 Å². The molecule has 1 unspecified atom stereocenters. The van der Waals surface area contributed by atoms with Gasteiger partial charge >= 0.3 is 0 Å². The second kappa shape index (κ2) is 5.22. The standard InChI is InChI=1S/C21H28N2O3/c1-20-9-8-14-13-4-5-17(22)19(23(25)26)16(13)3-2-15(14)18(20)12-6-10-21(20,24)11-7-12/h4-5,12,14-15,18,24H,2-3,6-11,22H2,1H3/t12?,14-,15-,18?,20+,21?/m1/s1. The lowest BCUT2D eigenvalue weighted by Gasteiger charge is -2.66. The first-order valence-electron chi connectivity index (χ1n) is 10.1. The zero-order chi connectivity index (χ0) is 18.3. The molecule has 0 saturated heterocycles. The molecule has 5 heteroatoms. The SMILES string of the molecule is C[C@]12CC[C@@H]3c4ccc(N)c([N+](=O)[O-])c4CC[C@H]3C1C1CCC2(O)CC1. The van der Waals surface area contributed by atoms with Crippen LogP contribution in [-0.2, 0) is 6.42 Å². The summed E-state index contributed by atoms with van der Waals surface area (Å²) < 4.78 is 0. The fraction of sp³-hybridized carbons (Fsp3) is 0.714. The van der Waals surface area contributed by atoms with Crippen molar-refractivity contribution in [3.63, 3.8) is 0 Å². The van der Waals surface area contributed by atoms with E-state index >= 15 is 0 Å². The first-order valence-corrected chi connectivity index (χ1v) is 10.1. The topological polar surface area (TPSA) is 89.4 Å². The van der Waals surface area contributed by atoms with E-state index in [1.54, 1.807) is 6.07 Å². The van der Waals surface area contributed by atoms with Gasteiger partial charge in [0.2, 0.25) is 0 Å². The summed E-state index contributed by atoms with van der Waals surface area (Å²) in [7, 11) is 0. The van der Waals surface area contributed by atoms with Gasteiger partial charge in [-0.1, -0.05) is 13.0 Å². The second-order valence-electron chi connectivity index (χ2n) is 9.49. The Labute approximate surface area is 154 Å². The Hall–Kier alpha value is -1.62. The molecule has 0 amide bonds. The molecule has 5 aliphatic rings. The van der Waals surface area contributed by atoms with Crippen LogP contribution < -0.4 is 5.73 Å². The molecular weight excluding hydrogens is 328 g/mol. The van der Waals surface area contributed by atoms with Gasteiger partial charge in [-0.3, -0.25) is 10.1 Å². The third kappa shape index (κ3) is 1.90. The molecule has 1 aromatic carbocycles. The number of rotatable bonds is 1. The van der Waals surface area contributed by atoms with Crippen LogP contribution in [0.25, 0.3) is 0 Å². The zero-order valence-corrected chi connectivity index (χ0v) is 15.4. The number of fused-ring (bicyclic) bond motifs is 5. The Morgan fingerprint density at radius 2 is 1.92 bits per heavy atom. The molecular formula is C21H28N2O3. The van der Waals surface area contributed by atoms with Crippen LogP contribution in [0.1, 0.15) is 68.9 Å². The van der Waals surface area contributed by atoms with Crippen molar-refractivity contribution in [3.05, 3.63) is 33.4 Å². The second-order valence-corrected chi connectivity index (χ2v) is 9.49. The lowest BCUT2D eigenvalue weighted by atomic mass is 9.40. The summed E-state index contributed by atoms with van der Waals surface area (Å²) in [6.07, 6.45) is 8.01. The van der Waals surface area contributed by atoms with Crippen molar-refractivity contribution in [2.24, 2.45) is 23.2 Å². The lowest BCUT2D eigenvalue weighted by Crippen LogP contribution is -2.64. The van der Waals surface area contributed by atoms with E-state index in [-0.39, 0.29) is 16.0 Å². The van der Waals surface area contributed by atoms with Crippen molar-refractivity contribution in [2.45, 2.75) is 69.8 Å². The molecule has 0 radical (unpaired) electrons. The fourth-order valence-corrected chi connectivity index (χ4v) is 7.59. The highest BCUT2D eigenvalue weighted by molar-refractivity contribution is 5.66. The van der Waals surface area contributed by atoms with E-state index in [0.29, 0.717) is 29.4 Å². The van der Waals surface area contributed by atoms with Gasteiger partial charge in [-0.25, -0.2) is 0 Å². The average Bonchev–Trinajstić information content (AvgIpc) is 2.61. The maximum Gasteiger partial charge on any atom is 0.295 e. The predicted molar refractivity (Wildman–Crippen MR) is 99.8 cm³/mol. The summed E-state index contributed by atoms with van der Waals surface area (Å²) in [6, 6.07) is 3.78. The van der Waals surface area contributed by atoms with Crippen LogP contribution in [-0.4, -0.2) is 15.6 Å². The molecule has 0 aromatic heterocycles. The first-order chi connectivity index (χ1) is 12.4. The molecule has 140 valence electrons. The molecule has 0 spiro atoms. The van der Waals surface area contributed by atoms with Crippen LogP contribution in [0.15, 0.2) is 12.1 Å². The van der Waals surface area contributed by atoms with Crippen molar-refractivity contribution in [1.29, 1.82) is 0 Å². The van der Waals surface area contributed by atoms with Crippen molar-refractivity contribution in [1.82, 2.24) is 0 Å².